The lowest BCUT2D eigenvalue weighted by molar-refractivity contribution is -0.121. The van der Waals surface area contributed by atoms with Gasteiger partial charge in [-0.3, -0.25) is 4.79 Å². The van der Waals surface area contributed by atoms with Crippen LogP contribution in [0.3, 0.4) is 0 Å². The first kappa shape index (κ1) is 15.8. The summed E-state index contributed by atoms with van der Waals surface area (Å²) in [5, 5.41) is 6.58. The van der Waals surface area contributed by atoms with Crippen LogP contribution in [0, 0.1) is 0 Å². The lowest BCUT2D eigenvalue weighted by Gasteiger charge is -2.16. The van der Waals surface area contributed by atoms with Crippen LogP contribution in [-0.2, 0) is 9.53 Å². The number of ether oxygens (including phenoxy) is 1. The smallest absolute Gasteiger partial charge is 0.220 e. The van der Waals surface area contributed by atoms with Crippen LogP contribution in [0.4, 0.5) is 0 Å². The third-order valence-electron chi connectivity index (χ3n) is 4.45. The summed E-state index contributed by atoms with van der Waals surface area (Å²) in [6.07, 6.45) is 12.2. The molecule has 2 rings (SSSR count). The molecule has 4 nitrogen and oxygen atoms in total. The van der Waals surface area contributed by atoms with Crippen LogP contribution in [0.25, 0.3) is 0 Å². The number of rotatable bonds is 7. The van der Waals surface area contributed by atoms with E-state index in [2.05, 4.69) is 10.6 Å². The van der Waals surface area contributed by atoms with Gasteiger partial charge in [-0.1, -0.05) is 25.7 Å². The van der Waals surface area contributed by atoms with Gasteiger partial charge in [0.1, 0.15) is 0 Å². The Morgan fingerprint density at radius 3 is 2.50 bits per heavy atom. The number of carbonyl (C=O) groups excluding carboxylic acids is 1. The first-order valence-electron chi connectivity index (χ1n) is 8.46. The predicted molar refractivity (Wildman–Crippen MR) is 80.7 cm³/mol. The summed E-state index contributed by atoms with van der Waals surface area (Å²) in [5.41, 5.74) is 0. The molecule has 0 radical (unpaired) electrons. The van der Waals surface area contributed by atoms with Gasteiger partial charge in [-0.25, -0.2) is 0 Å². The molecule has 2 fully saturated rings. The van der Waals surface area contributed by atoms with Crippen molar-refractivity contribution in [2.24, 2.45) is 0 Å². The molecule has 1 saturated carbocycles. The van der Waals surface area contributed by atoms with Crippen LogP contribution >= 0.6 is 0 Å². The highest BCUT2D eigenvalue weighted by molar-refractivity contribution is 5.75. The van der Waals surface area contributed by atoms with Crippen molar-refractivity contribution in [3.63, 3.8) is 0 Å². The highest BCUT2D eigenvalue weighted by Crippen LogP contribution is 2.17. The fraction of sp³-hybridized carbons (Fsp3) is 0.938. The standard InChI is InChI=1S/C16H30N2O2/c19-16(10-9-15-8-5-13-20-15)18-12-11-17-14-6-3-1-2-4-7-14/h14-15,17H,1-13H2,(H,18,19). The van der Waals surface area contributed by atoms with Crippen LogP contribution in [0.1, 0.15) is 64.2 Å². The molecule has 4 heteroatoms. The summed E-state index contributed by atoms with van der Waals surface area (Å²) < 4.78 is 5.53. The second kappa shape index (κ2) is 9.35. The highest BCUT2D eigenvalue weighted by atomic mass is 16.5. The minimum absolute atomic E-state index is 0.170. The minimum Gasteiger partial charge on any atom is -0.378 e. The molecule has 1 heterocycles. The highest BCUT2D eigenvalue weighted by Gasteiger charge is 2.16. The second-order valence-corrected chi connectivity index (χ2v) is 6.17. The van der Waals surface area contributed by atoms with E-state index in [1.165, 1.54) is 38.5 Å². The van der Waals surface area contributed by atoms with Gasteiger partial charge in [0.2, 0.25) is 5.91 Å². The van der Waals surface area contributed by atoms with Gasteiger partial charge in [0.15, 0.2) is 0 Å². The summed E-state index contributed by atoms with van der Waals surface area (Å²) in [6.45, 7) is 2.52. The average Bonchev–Trinajstić information content (AvgIpc) is 2.84. The Kier molecular flexibility index (Phi) is 7.37. The number of hydrogen-bond acceptors (Lipinski definition) is 3. The molecule has 116 valence electrons. The Morgan fingerprint density at radius 2 is 1.80 bits per heavy atom. The number of nitrogens with one attached hydrogen (secondary N) is 2. The molecule has 1 aliphatic carbocycles. The molecule has 0 aromatic carbocycles. The van der Waals surface area contributed by atoms with Gasteiger partial charge in [-0.15, -0.1) is 0 Å². The van der Waals surface area contributed by atoms with E-state index in [0.717, 1.165) is 39.0 Å². The number of hydrogen-bond donors (Lipinski definition) is 2. The van der Waals surface area contributed by atoms with Gasteiger partial charge in [0, 0.05) is 32.2 Å². The van der Waals surface area contributed by atoms with Crippen molar-refractivity contribution in [1.29, 1.82) is 0 Å². The zero-order valence-corrected chi connectivity index (χ0v) is 12.7. The van der Waals surface area contributed by atoms with Crippen LogP contribution < -0.4 is 10.6 Å². The Hall–Kier alpha value is -0.610. The van der Waals surface area contributed by atoms with Gasteiger partial charge in [-0.2, -0.15) is 0 Å². The van der Waals surface area contributed by atoms with Crippen molar-refractivity contribution in [3.8, 4) is 0 Å². The normalized spacial score (nSPS) is 24.5. The molecule has 1 aliphatic heterocycles. The Labute approximate surface area is 123 Å². The van der Waals surface area contributed by atoms with Crippen molar-refractivity contribution >= 4 is 5.91 Å². The topological polar surface area (TPSA) is 50.4 Å². The summed E-state index contributed by atoms with van der Waals surface area (Å²) in [6, 6.07) is 0.668. The van der Waals surface area contributed by atoms with Crippen LogP contribution in [0.2, 0.25) is 0 Å². The molecular weight excluding hydrogens is 252 g/mol. The average molecular weight is 282 g/mol. The van der Waals surface area contributed by atoms with Gasteiger partial charge in [-0.05, 0) is 32.1 Å². The van der Waals surface area contributed by atoms with E-state index in [4.69, 9.17) is 4.74 Å². The van der Waals surface area contributed by atoms with Crippen molar-refractivity contribution in [3.05, 3.63) is 0 Å². The van der Waals surface area contributed by atoms with Crippen molar-refractivity contribution in [1.82, 2.24) is 10.6 Å². The van der Waals surface area contributed by atoms with E-state index in [9.17, 15) is 4.79 Å². The van der Waals surface area contributed by atoms with Crippen molar-refractivity contribution in [2.45, 2.75) is 76.4 Å². The first-order valence-corrected chi connectivity index (χ1v) is 8.46. The maximum absolute atomic E-state index is 11.7. The van der Waals surface area contributed by atoms with Crippen LogP contribution in [-0.4, -0.2) is 37.7 Å². The third kappa shape index (κ3) is 6.23. The summed E-state index contributed by atoms with van der Waals surface area (Å²) in [7, 11) is 0. The van der Waals surface area contributed by atoms with Gasteiger partial charge in [0.25, 0.3) is 0 Å². The molecule has 1 amide bonds. The zero-order valence-electron chi connectivity index (χ0n) is 12.7. The van der Waals surface area contributed by atoms with E-state index in [0.29, 0.717) is 18.6 Å². The van der Waals surface area contributed by atoms with Crippen LogP contribution in [0.5, 0.6) is 0 Å². The first-order chi connectivity index (χ1) is 9.84. The van der Waals surface area contributed by atoms with Crippen LogP contribution in [0.15, 0.2) is 0 Å². The third-order valence-corrected chi connectivity index (χ3v) is 4.45. The van der Waals surface area contributed by atoms with Crippen molar-refractivity contribution < 1.29 is 9.53 Å². The van der Waals surface area contributed by atoms with E-state index >= 15 is 0 Å². The quantitative estimate of drug-likeness (QED) is 0.557. The fourth-order valence-corrected chi connectivity index (χ4v) is 3.21. The molecule has 1 unspecified atom stereocenters. The fourth-order valence-electron chi connectivity index (χ4n) is 3.21. The molecule has 2 N–H and O–H groups in total. The monoisotopic (exact) mass is 282 g/mol. The minimum atomic E-state index is 0.170. The maximum Gasteiger partial charge on any atom is 0.220 e. The molecule has 0 aromatic heterocycles. The molecule has 2 aliphatic rings. The summed E-state index contributed by atoms with van der Waals surface area (Å²) in [4.78, 5) is 11.7. The number of amides is 1. The van der Waals surface area contributed by atoms with E-state index in [1.807, 2.05) is 0 Å². The van der Waals surface area contributed by atoms with Gasteiger partial charge < -0.3 is 15.4 Å². The summed E-state index contributed by atoms with van der Waals surface area (Å²) in [5.74, 6) is 0.170. The SMILES string of the molecule is O=C(CCC1CCCO1)NCCNC1CCCCCC1. The zero-order chi connectivity index (χ0) is 14.0. The summed E-state index contributed by atoms with van der Waals surface area (Å²) >= 11 is 0. The second-order valence-electron chi connectivity index (χ2n) is 6.17. The molecule has 0 aromatic rings. The molecule has 0 bridgehead atoms. The Bertz CT molecular complexity index is 270. The Morgan fingerprint density at radius 1 is 1.00 bits per heavy atom. The molecule has 1 atom stereocenters. The lowest BCUT2D eigenvalue weighted by atomic mass is 10.1. The predicted octanol–water partition coefficient (Wildman–Crippen LogP) is 2.37. The van der Waals surface area contributed by atoms with Gasteiger partial charge in [0.05, 0.1) is 6.10 Å². The van der Waals surface area contributed by atoms with E-state index in [-0.39, 0.29) is 5.91 Å². The maximum atomic E-state index is 11.7. The number of carbonyl (C=O) groups is 1. The largest absolute Gasteiger partial charge is 0.378 e. The molecule has 1 saturated heterocycles. The Balaban J connectivity index is 1.46. The molecule has 0 spiro atoms. The van der Waals surface area contributed by atoms with Gasteiger partial charge >= 0.3 is 0 Å². The molecular formula is C16H30N2O2. The van der Waals surface area contributed by atoms with Crippen molar-refractivity contribution in [2.75, 3.05) is 19.7 Å². The molecule has 20 heavy (non-hydrogen) atoms. The van der Waals surface area contributed by atoms with E-state index in [1.54, 1.807) is 0 Å². The van der Waals surface area contributed by atoms with E-state index < -0.39 is 0 Å². The lowest BCUT2D eigenvalue weighted by Crippen LogP contribution is -2.37.